The number of rotatable bonds is 3. The molecular formula is C20H20F3NO4. The van der Waals surface area contributed by atoms with Gasteiger partial charge in [-0.1, -0.05) is 32.0 Å². The van der Waals surface area contributed by atoms with Crippen LogP contribution in [0.15, 0.2) is 36.4 Å². The molecule has 0 saturated heterocycles. The highest BCUT2D eigenvalue weighted by atomic mass is 19.4. The van der Waals surface area contributed by atoms with Crippen molar-refractivity contribution in [3.8, 4) is 22.6 Å². The maximum absolute atomic E-state index is 13.3. The number of ether oxygens (including phenoxy) is 2. The lowest BCUT2D eigenvalue weighted by Gasteiger charge is -2.39. The molecule has 0 aliphatic carbocycles. The number of amides is 1. The number of carboxylic acid groups (broad SMARTS) is 1. The number of halogens is 3. The molecule has 0 fully saturated rings. The minimum atomic E-state index is -4.55. The molecule has 2 aromatic rings. The van der Waals surface area contributed by atoms with Gasteiger partial charge in [-0.15, -0.1) is 0 Å². The van der Waals surface area contributed by atoms with Crippen LogP contribution in [0.2, 0.25) is 0 Å². The van der Waals surface area contributed by atoms with Crippen molar-refractivity contribution < 1.29 is 32.5 Å². The Balaban J connectivity index is 2.04. The number of hydrogen-bond acceptors (Lipinski definition) is 3. The number of hydrogen-bond donors (Lipinski definition) is 2. The van der Waals surface area contributed by atoms with E-state index in [1.54, 1.807) is 18.2 Å². The van der Waals surface area contributed by atoms with E-state index in [0.717, 1.165) is 6.07 Å². The number of methoxy groups -OCH3 is 1. The molecule has 1 atom stereocenters. The first-order valence-corrected chi connectivity index (χ1v) is 8.55. The zero-order valence-electron chi connectivity index (χ0n) is 15.6. The van der Waals surface area contributed by atoms with Crippen LogP contribution >= 0.6 is 0 Å². The molecule has 1 aliphatic heterocycles. The van der Waals surface area contributed by atoms with E-state index in [9.17, 15) is 18.0 Å². The van der Waals surface area contributed by atoms with Gasteiger partial charge < -0.3 is 19.9 Å². The highest BCUT2D eigenvalue weighted by Crippen LogP contribution is 2.45. The molecule has 1 aliphatic rings. The molecule has 1 amide bonds. The highest BCUT2D eigenvalue weighted by molar-refractivity contribution is 5.70. The summed E-state index contributed by atoms with van der Waals surface area (Å²) in [5.41, 5.74) is 0.189. The van der Waals surface area contributed by atoms with Crippen LogP contribution in [0.1, 0.15) is 31.0 Å². The van der Waals surface area contributed by atoms with Gasteiger partial charge in [-0.2, -0.15) is 13.2 Å². The Morgan fingerprint density at radius 3 is 2.46 bits per heavy atom. The second-order valence-corrected chi connectivity index (χ2v) is 7.33. The molecule has 5 nitrogen and oxygen atoms in total. The van der Waals surface area contributed by atoms with E-state index in [1.807, 2.05) is 13.8 Å². The Kier molecular flexibility index (Phi) is 4.91. The van der Waals surface area contributed by atoms with Crippen molar-refractivity contribution in [3.05, 3.63) is 47.5 Å². The monoisotopic (exact) mass is 395 g/mol. The summed E-state index contributed by atoms with van der Waals surface area (Å²) in [5.74, 6) is 0.192. The van der Waals surface area contributed by atoms with Crippen molar-refractivity contribution in [1.82, 2.24) is 5.32 Å². The number of alkyl halides is 3. The number of fused-ring (bicyclic) bond motifs is 1. The molecule has 3 rings (SSSR count). The molecule has 0 radical (unpaired) electrons. The van der Waals surface area contributed by atoms with Gasteiger partial charge in [0, 0.05) is 11.0 Å². The standard InChI is InChI=1S/C20H20F3NO4/c1-19(2)10-28-16-9-12(4-6-13(16)17(19)24-18(25)26)11-5-7-15(27-3)14(8-11)20(21,22)23/h4-9,17,24H,10H2,1-3H3,(H,25,26). The van der Waals surface area contributed by atoms with Gasteiger partial charge in [0.2, 0.25) is 0 Å². The third-order valence-electron chi connectivity index (χ3n) is 4.81. The van der Waals surface area contributed by atoms with Crippen molar-refractivity contribution in [2.24, 2.45) is 5.41 Å². The molecule has 2 N–H and O–H groups in total. The molecule has 2 aromatic carbocycles. The molecule has 150 valence electrons. The van der Waals surface area contributed by atoms with Gasteiger partial charge in [-0.05, 0) is 29.3 Å². The van der Waals surface area contributed by atoms with Gasteiger partial charge in [0.15, 0.2) is 0 Å². The summed E-state index contributed by atoms with van der Waals surface area (Å²) in [6.45, 7) is 4.03. The first kappa shape index (κ1) is 19.9. The van der Waals surface area contributed by atoms with Crippen molar-refractivity contribution in [3.63, 3.8) is 0 Å². The number of benzene rings is 2. The maximum atomic E-state index is 13.3. The fourth-order valence-corrected chi connectivity index (χ4v) is 3.35. The van der Waals surface area contributed by atoms with Crippen LogP contribution in [0, 0.1) is 5.41 Å². The second kappa shape index (κ2) is 6.92. The molecule has 0 spiro atoms. The summed E-state index contributed by atoms with van der Waals surface area (Å²) in [4.78, 5) is 11.2. The van der Waals surface area contributed by atoms with Crippen LogP contribution in [0.5, 0.6) is 11.5 Å². The summed E-state index contributed by atoms with van der Waals surface area (Å²) in [6.07, 6.45) is -5.70. The number of nitrogens with one attached hydrogen (secondary N) is 1. The Morgan fingerprint density at radius 2 is 1.86 bits per heavy atom. The Morgan fingerprint density at radius 1 is 1.21 bits per heavy atom. The van der Waals surface area contributed by atoms with Crippen LogP contribution in [-0.2, 0) is 6.18 Å². The van der Waals surface area contributed by atoms with E-state index in [4.69, 9.17) is 14.6 Å². The first-order valence-electron chi connectivity index (χ1n) is 8.55. The lowest BCUT2D eigenvalue weighted by Crippen LogP contribution is -2.43. The summed E-state index contributed by atoms with van der Waals surface area (Å²) >= 11 is 0. The molecular weight excluding hydrogens is 375 g/mol. The summed E-state index contributed by atoms with van der Waals surface area (Å²) < 4.78 is 50.5. The lowest BCUT2D eigenvalue weighted by atomic mass is 9.78. The SMILES string of the molecule is COc1ccc(-c2ccc3c(c2)OCC(C)(C)C3NC(=O)O)cc1C(F)(F)F. The van der Waals surface area contributed by atoms with Crippen LogP contribution in [0.4, 0.5) is 18.0 Å². The summed E-state index contributed by atoms with van der Waals surface area (Å²) in [7, 11) is 1.19. The van der Waals surface area contributed by atoms with Gasteiger partial charge in [-0.25, -0.2) is 4.79 Å². The zero-order chi connectivity index (χ0) is 20.7. The van der Waals surface area contributed by atoms with Crippen LogP contribution < -0.4 is 14.8 Å². The molecule has 1 heterocycles. The van der Waals surface area contributed by atoms with Gasteiger partial charge in [0.1, 0.15) is 11.5 Å². The first-order chi connectivity index (χ1) is 13.0. The lowest BCUT2D eigenvalue weighted by molar-refractivity contribution is -0.138. The average Bonchev–Trinajstić information content (AvgIpc) is 2.62. The van der Waals surface area contributed by atoms with Crippen molar-refractivity contribution in [1.29, 1.82) is 0 Å². The van der Waals surface area contributed by atoms with Gasteiger partial charge in [0.05, 0.1) is 25.3 Å². The molecule has 0 bridgehead atoms. The fourth-order valence-electron chi connectivity index (χ4n) is 3.35. The highest BCUT2D eigenvalue weighted by Gasteiger charge is 2.39. The van der Waals surface area contributed by atoms with Crippen LogP contribution in [-0.4, -0.2) is 24.9 Å². The number of carbonyl (C=O) groups is 1. The van der Waals surface area contributed by atoms with Crippen molar-refractivity contribution in [2.45, 2.75) is 26.1 Å². The van der Waals surface area contributed by atoms with Crippen LogP contribution in [0.3, 0.4) is 0 Å². The van der Waals surface area contributed by atoms with Gasteiger partial charge >= 0.3 is 12.3 Å². The van der Waals surface area contributed by atoms with E-state index < -0.39 is 29.3 Å². The van der Waals surface area contributed by atoms with E-state index in [-0.39, 0.29) is 12.4 Å². The molecule has 0 aromatic heterocycles. The molecule has 1 unspecified atom stereocenters. The molecule has 0 saturated carbocycles. The van der Waals surface area contributed by atoms with Crippen LogP contribution in [0.25, 0.3) is 11.1 Å². The van der Waals surface area contributed by atoms with Gasteiger partial charge in [0.25, 0.3) is 0 Å². The van der Waals surface area contributed by atoms with E-state index in [0.29, 0.717) is 22.4 Å². The normalized spacial score (nSPS) is 18.0. The fraction of sp³-hybridized carbons (Fsp3) is 0.350. The van der Waals surface area contributed by atoms with E-state index >= 15 is 0 Å². The Bertz CT molecular complexity index is 909. The maximum Gasteiger partial charge on any atom is 0.419 e. The molecule has 28 heavy (non-hydrogen) atoms. The minimum absolute atomic E-state index is 0.252. The topological polar surface area (TPSA) is 67.8 Å². The average molecular weight is 395 g/mol. The Labute approximate surface area is 160 Å². The Hall–Kier alpha value is -2.90. The summed E-state index contributed by atoms with van der Waals surface area (Å²) in [5, 5.41) is 11.6. The minimum Gasteiger partial charge on any atom is -0.496 e. The van der Waals surface area contributed by atoms with Crippen molar-refractivity contribution in [2.75, 3.05) is 13.7 Å². The smallest absolute Gasteiger partial charge is 0.419 e. The predicted octanol–water partition coefficient (Wildman–Crippen LogP) is 5.11. The third kappa shape index (κ3) is 3.72. The van der Waals surface area contributed by atoms with E-state index in [1.165, 1.54) is 19.2 Å². The third-order valence-corrected chi connectivity index (χ3v) is 4.81. The summed E-state index contributed by atoms with van der Waals surface area (Å²) in [6, 6.07) is 8.31. The quantitative estimate of drug-likeness (QED) is 0.758. The van der Waals surface area contributed by atoms with E-state index in [2.05, 4.69) is 5.32 Å². The van der Waals surface area contributed by atoms with Gasteiger partial charge in [-0.3, -0.25) is 0 Å². The predicted molar refractivity (Wildman–Crippen MR) is 96.6 cm³/mol. The largest absolute Gasteiger partial charge is 0.496 e. The van der Waals surface area contributed by atoms with Crippen molar-refractivity contribution >= 4 is 6.09 Å². The molecule has 8 heteroatoms. The second-order valence-electron chi connectivity index (χ2n) is 7.33. The zero-order valence-corrected chi connectivity index (χ0v) is 15.6.